The van der Waals surface area contributed by atoms with E-state index < -0.39 is 12.4 Å². The van der Waals surface area contributed by atoms with E-state index in [0.717, 1.165) is 10.6 Å². The topological polar surface area (TPSA) is 87.1 Å². The Morgan fingerprint density at radius 1 is 1.56 bits per heavy atom. The zero-order valence-corrected chi connectivity index (χ0v) is 12.4. The number of aromatic nitrogens is 6. The molecule has 0 radical (unpaired) electrons. The van der Waals surface area contributed by atoms with Crippen LogP contribution in [0.25, 0.3) is 17.0 Å². The van der Waals surface area contributed by atoms with Gasteiger partial charge in [0.05, 0.1) is 6.93 Å². The predicted octanol–water partition coefficient (Wildman–Crippen LogP) is -3.18. The Balaban J connectivity index is 0.00000176. The number of pyridine rings is 1. The summed E-state index contributed by atoms with van der Waals surface area (Å²) in [5, 5.41) is 13.7. The summed E-state index contributed by atoms with van der Waals surface area (Å²) < 4.78 is 31.2. The SMILES string of the molecule is [2H]c1ccn2c(=O)c(-c3nnn[n-]3)cnc2c1C([2H])([2H])[2H].[K+]. The zero-order valence-electron chi connectivity index (χ0n) is 13.3. The predicted molar refractivity (Wildman–Crippen MR) is 58.3 cm³/mol. The Morgan fingerprint density at radius 3 is 3.17 bits per heavy atom. The van der Waals surface area contributed by atoms with E-state index >= 15 is 0 Å². The van der Waals surface area contributed by atoms with Gasteiger partial charge in [-0.1, -0.05) is 6.04 Å². The molecule has 0 aliphatic rings. The van der Waals surface area contributed by atoms with Crippen LogP contribution in [0, 0.1) is 6.85 Å². The average Bonchev–Trinajstić information content (AvgIpc) is 2.91. The molecule has 7 nitrogen and oxygen atoms in total. The van der Waals surface area contributed by atoms with Gasteiger partial charge in [0.1, 0.15) is 5.65 Å². The van der Waals surface area contributed by atoms with E-state index in [2.05, 4.69) is 25.6 Å². The van der Waals surface area contributed by atoms with Crippen molar-refractivity contribution in [2.45, 2.75) is 6.85 Å². The molecule has 3 heterocycles. The van der Waals surface area contributed by atoms with Crippen LogP contribution in [0.3, 0.4) is 0 Å². The molecule has 0 aliphatic heterocycles. The fraction of sp³-hybridized carbons (Fsp3) is 0.100. The van der Waals surface area contributed by atoms with E-state index in [1.165, 1.54) is 12.3 Å². The third-order valence-corrected chi connectivity index (χ3v) is 2.23. The van der Waals surface area contributed by atoms with Gasteiger partial charge in [-0.25, -0.2) is 4.98 Å². The van der Waals surface area contributed by atoms with Gasteiger partial charge in [-0.05, 0) is 18.5 Å². The van der Waals surface area contributed by atoms with Crippen molar-refractivity contribution in [3.8, 4) is 11.4 Å². The van der Waals surface area contributed by atoms with Crippen LogP contribution in [-0.2, 0) is 0 Å². The number of tetrazole rings is 1. The number of aryl methyl sites for hydroxylation is 1. The fourth-order valence-corrected chi connectivity index (χ4v) is 1.46. The summed E-state index contributed by atoms with van der Waals surface area (Å²) >= 11 is 0. The maximum absolute atomic E-state index is 12.4. The van der Waals surface area contributed by atoms with Crippen molar-refractivity contribution in [2.75, 3.05) is 0 Å². The number of rotatable bonds is 1. The minimum absolute atomic E-state index is 0. The van der Waals surface area contributed by atoms with E-state index in [1.54, 1.807) is 0 Å². The molecule has 3 aromatic heterocycles. The first-order valence-electron chi connectivity index (χ1n) is 6.60. The van der Waals surface area contributed by atoms with Gasteiger partial charge in [0.25, 0.3) is 5.56 Å². The van der Waals surface area contributed by atoms with Crippen molar-refractivity contribution in [3.05, 3.63) is 40.4 Å². The van der Waals surface area contributed by atoms with Gasteiger partial charge in [0.15, 0.2) is 0 Å². The van der Waals surface area contributed by atoms with Crippen molar-refractivity contribution in [3.63, 3.8) is 0 Å². The molecule has 0 amide bonds. The van der Waals surface area contributed by atoms with Gasteiger partial charge in [0.2, 0.25) is 0 Å². The quantitative estimate of drug-likeness (QED) is 0.433. The van der Waals surface area contributed by atoms with Crippen LogP contribution in [0.4, 0.5) is 0 Å². The van der Waals surface area contributed by atoms with Crippen molar-refractivity contribution in [1.29, 1.82) is 0 Å². The Morgan fingerprint density at radius 2 is 2.44 bits per heavy atom. The van der Waals surface area contributed by atoms with Crippen molar-refractivity contribution in [2.24, 2.45) is 0 Å². The second-order valence-electron chi connectivity index (χ2n) is 3.21. The number of fused-ring (bicyclic) bond motifs is 1. The van der Waals surface area contributed by atoms with Crippen LogP contribution in [-0.4, -0.2) is 24.9 Å². The summed E-state index contributed by atoms with van der Waals surface area (Å²) in [6, 6.07) is 1.02. The minimum atomic E-state index is -2.55. The molecule has 18 heavy (non-hydrogen) atoms. The molecule has 0 aliphatic carbocycles. The van der Waals surface area contributed by atoms with E-state index in [1.807, 2.05) is 0 Å². The third kappa shape index (κ3) is 2.17. The van der Waals surface area contributed by atoms with Gasteiger partial charge in [0, 0.05) is 22.3 Å². The maximum atomic E-state index is 12.4. The van der Waals surface area contributed by atoms with Crippen molar-refractivity contribution < 1.29 is 56.9 Å². The minimum Gasteiger partial charge on any atom is -0.330 e. The van der Waals surface area contributed by atoms with Gasteiger partial charge in [-0.3, -0.25) is 19.5 Å². The zero-order chi connectivity index (χ0) is 15.2. The van der Waals surface area contributed by atoms with E-state index in [0.29, 0.717) is 0 Å². The van der Waals surface area contributed by atoms with Crippen molar-refractivity contribution >= 4 is 5.65 Å². The largest absolute Gasteiger partial charge is 1.00 e. The van der Waals surface area contributed by atoms with Crippen molar-refractivity contribution in [1.82, 2.24) is 30.0 Å². The number of nitrogens with zero attached hydrogens (tertiary/aromatic N) is 6. The molecule has 8 heteroatoms. The Hall–Kier alpha value is -0.934. The third-order valence-electron chi connectivity index (χ3n) is 2.23. The van der Waals surface area contributed by atoms with Crippen LogP contribution >= 0.6 is 0 Å². The molecular weight excluding hydrogens is 259 g/mol. The van der Waals surface area contributed by atoms with Crippen LogP contribution in [0.1, 0.15) is 11.0 Å². The fourth-order valence-electron chi connectivity index (χ4n) is 1.46. The first-order chi connectivity index (χ1) is 9.89. The Bertz CT molecular complexity index is 875. The summed E-state index contributed by atoms with van der Waals surface area (Å²) in [5.41, 5.74) is -0.885. The summed E-state index contributed by atoms with van der Waals surface area (Å²) in [6.45, 7) is -2.55. The second-order valence-corrected chi connectivity index (χ2v) is 3.21. The van der Waals surface area contributed by atoms with E-state index in [4.69, 9.17) is 5.48 Å². The number of hydrogen-bond acceptors (Lipinski definition) is 5. The van der Waals surface area contributed by atoms with Crippen LogP contribution in [0.5, 0.6) is 0 Å². The summed E-state index contributed by atoms with van der Waals surface area (Å²) in [4.78, 5) is 16.3. The normalized spacial score (nSPS) is 14.2. The Kier molecular flexibility index (Phi) is 2.70. The summed E-state index contributed by atoms with van der Waals surface area (Å²) in [6.07, 6.45) is 2.45. The smallest absolute Gasteiger partial charge is 0.330 e. The molecule has 0 unspecified atom stereocenters. The van der Waals surface area contributed by atoms with Crippen LogP contribution in [0.2, 0.25) is 0 Å². The molecule has 3 aromatic rings. The van der Waals surface area contributed by atoms with Gasteiger partial charge in [-0.15, -0.1) is 0 Å². The van der Waals surface area contributed by atoms with E-state index in [-0.39, 0.29) is 80.0 Å². The van der Waals surface area contributed by atoms with Crippen LogP contribution in [0.15, 0.2) is 29.3 Å². The first-order valence-corrected chi connectivity index (χ1v) is 4.60. The van der Waals surface area contributed by atoms with Gasteiger partial charge >= 0.3 is 51.4 Å². The Labute approximate surface area is 150 Å². The molecule has 0 bridgehead atoms. The molecule has 84 valence electrons. The number of hydrogen-bond donors (Lipinski definition) is 0. The molecular formula is C10H7KN6O. The van der Waals surface area contributed by atoms with Gasteiger partial charge in [-0.2, -0.15) is 5.21 Å². The van der Waals surface area contributed by atoms with E-state index in [9.17, 15) is 4.79 Å². The first kappa shape index (κ1) is 9.05. The van der Waals surface area contributed by atoms with Gasteiger partial charge < -0.3 is 5.10 Å². The molecule has 0 spiro atoms. The molecule has 0 atom stereocenters. The van der Waals surface area contributed by atoms with Crippen LogP contribution < -0.4 is 62.0 Å². The molecule has 0 N–H and O–H groups in total. The molecule has 0 saturated heterocycles. The molecule has 0 aromatic carbocycles. The maximum Gasteiger partial charge on any atom is 1.00 e. The molecule has 3 rings (SSSR count). The molecule has 0 fully saturated rings. The second kappa shape index (κ2) is 5.37. The molecule has 0 saturated carbocycles. The monoisotopic (exact) mass is 270 g/mol. The standard InChI is InChI=1S/C10H7N6O.K/c1-6-3-2-4-16-9(6)11-5-7(10(16)17)8-12-14-15-13-8;/h2-5H,1H3;/q-1;+1/i1D3,3D;. The summed E-state index contributed by atoms with van der Waals surface area (Å²) in [5.74, 6) is 0.00674. The summed E-state index contributed by atoms with van der Waals surface area (Å²) in [7, 11) is 0. The average molecular weight is 270 g/mol.